The van der Waals surface area contributed by atoms with Crippen molar-refractivity contribution in [2.45, 2.75) is 31.6 Å². The predicted octanol–water partition coefficient (Wildman–Crippen LogP) is 1.13. The van der Waals surface area contributed by atoms with E-state index in [4.69, 9.17) is 9.47 Å². The van der Waals surface area contributed by atoms with E-state index in [1.165, 1.54) is 30.9 Å². The fourth-order valence-electron chi connectivity index (χ4n) is 2.96. The second-order valence-electron chi connectivity index (χ2n) is 6.85. The molecule has 0 spiro atoms. The molecule has 2 heterocycles. The second kappa shape index (κ2) is 9.77. The molecule has 1 aromatic carbocycles. The van der Waals surface area contributed by atoms with Gasteiger partial charge in [0, 0.05) is 25.8 Å². The van der Waals surface area contributed by atoms with Gasteiger partial charge < -0.3 is 14.8 Å². The van der Waals surface area contributed by atoms with Crippen molar-refractivity contribution in [1.29, 1.82) is 0 Å². The zero-order valence-corrected chi connectivity index (χ0v) is 17.7. The molecule has 0 bridgehead atoms. The van der Waals surface area contributed by atoms with Crippen molar-refractivity contribution in [2.75, 3.05) is 24.6 Å². The molecule has 0 saturated carbocycles. The average Bonchev–Trinajstić information content (AvgIpc) is 3.08. The number of thioether (sulfide) groups is 1. The molecule has 1 saturated heterocycles. The zero-order chi connectivity index (χ0) is 22.5. The summed E-state index contributed by atoms with van der Waals surface area (Å²) >= 11 is 1.07. The van der Waals surface area contributed by atoms with Crippen LogP contribution in [0.25, 0.3) is 0 Å². The normalized spacial score (nSPS) is 20.6. The number of halogens is 1. The van der Waals surface area contributed by atoms with Gasteiger partial charge in [-0.1, -0.05) is 11.8 Å². The Morgan fingerprint density at radius 2 is 2.16 bits per heavy atom. The molecule has 2 aliphatic rings. The Balaban J connectivity index is 1.68. The van der Waals surface area contributed by atoms with Crippen molar-refractivity contribution in [2.24, 2.45) is 5.10 Å². The number of cyclic esters (lactones) is 1. The van der Waals surface area contributed by atoms with Crippen molar-refractivity contribution in [3.8, 4) is 0 Å². The topological polar surface area (TPSA) is 126 Å². The number of amides is 3. The van der Waals surface area contributed by atoms with Crippen LogP contribution in [0.2, 0.25) is 0 Å². The van der Waals surface area contributed by atoms with Crippen LogP contribution in [0.15, 0.2) is 23.3 Å². The van der Waals surface area contributed by atoms with Gasteiger partial charge in [0.1, 0.15) is 17.0 Å². The Kier molecular flexibility index (Phi) is 7.10. The zero-order valence-electron chi connectivity index (χ0n) is 16.8. The summed E-state index contributed by atoms with van der Waals surface area (Å²) in [7, 11) is 0. The SMILES string of the molecule is CC(=O)NC[C@H]1CN(c2ccc(C3=NNC(=O)C(CCOC(C)=O)S3)c(F)c2)C(=O)O1. The smallest absolute Gasteiger partial charge is 0.414 e. The highest BCUT2D eigenvalue weighted by molar-refractivity contribution is 8.15. The highest BCUT2D eigenvalue weighted by Gasteiger charge is 2.33. The van der Waals surface area contributed by atoms with Crippen LogP contribution in [0.4, 0.5) is 14.9 Å². The molecular formula is C19H21FN4O6S. The number of hydrogen-bond acceptors (Lipinski definition) is 8. The Morgan fingerprint density at radius 1 is 1.39 bits per heavy atom. The van der Waals surface area contributed by atoms with Crippen LogP contribution < -0.4 is 15.6 Å². The summed E-state index contributed by atoms with van der Waals surface area (Å²) in [6, 6.07) is 4.20. The number of hydrazone groups is 1. The monoisotopic (exact) mass is 452 g/mol. The van der Waals surface area contributed by atoms with E-state index in [-0.39, 0.29) is 48.5 Å². The van der Waals surface area contributed by atoms with Crippen LogP contribution in [0.3, 0.4) is 0 Å². The molecule has 2 aliphatic heterocycles. The van der Waals surface area contributed by atoms with Gasteiger partial charge in [-0.15, -0.1) is 0 Å². The molecule has 166 valence electrons. The highest BCUT2D eigenvalue weighted by atomic mass is 32.2. The predicted molar refractivity (Wildman–Crippen MR) is 110 cm³/mol. The molecule has 12 heteroatoms. The van der Waals surface area contributed by atoms with Gasteiger partial charge >= 0.3 is 12.1 Å². The van der Waals surface area contributed by atoms with Crippen LogP contribution in [-0.2, 0) is 23.9 Å². The van der Waals surface area contributed by atoms with Crippen molar-refractivity contribution in [1.82, 2.24) is 10.7 Å². The van der Waals surface area contributed by atoms with Crippen molar-refractivity contribution in [3.05, 3.63) is 29.6 Å². The minimum Gasteiger partial charge on any atom is -0.466 e. The quantitative estimate of drug-likeness (QED) is 0.594. The van der Waals surface area contributed by atoms with Gasteiger partial charge in [0.25, 0.3) is 5.91 Å². The van der Waals surface area contributed by atoms with E-state index in [9.17, 15) is 23.6 Å². The third-order valence-corrected chi connectivity index (χ3v) is 5.72. The molecule has 10 nitrogen and oxygen atoms in total. The van der Waals surface area contributed by atoms with Crippen LogP contribution in [-0.4, -0.2) is 60.0 Å². The largest absolute Gasteiger partial charge is 0.466 e. The molecule has 31 heavy (non-hydrogen) atoms. The Bertz CT molecular complexity index is 940. The Morgan fingerprint density at radius 3 is 2.84 bits per heavy atom. The Hall–Kier alpha value is -3.15. The molecular weight excluding hydrogens is 431 g/mol. The van der Waals surface area contributed by atoms with Crippen LogP contribution >= 0.6 is 11.8 Å². The number of benzene rings is 1. The molecule has 0 aromatic heterocycles. The summed E-state index contributed by atoms with van der Waals surface area (Å²) in [5, 5.41) is 6.17. The molecule has 1 aromatic rings. The maximum absolute atomic E-state index is 14.8. The first-order valence-corrected chi connectivity index (χ1v) is 10.3. The highest BCUT2D eigenvalue weighted by Crippen LogP contribution is 2.29. The molecule has 1 unspecified atom stereocenters. The van der Waals surface area contributed by atoms with Crippen molar-refractivity contribution < 1.29 is 33.0 Å². The summed E-state index contributed by atoms with van der Waals surface area (Å²) in [5.74, 6) is -1.68. The van der Waals surface area contributed by atoms with Crippen molar-refractivity contribution >= 4 is 46.4 Å². The number of nitrogens with one attached hydrogen (secondary N) is 2. The van der Waals surface area contributed by atoms with Crippen molar-refractivity contribution in [3.63, 3.8) is 0 Å². The first-order chi connectivity index (χ1) is 14.7. The number of hydrogen-bond donors (Lipinski definition) is 2. The fraction of sp³-hybridized carbons (Fsp3) is 0.421. The van der Waals surface area contributed by atoms with Crippen LogP contribution in [0.5, 0.6) is 0 Å². The molecule has 3 amide bonds. The van der Waals surface area contributed by atoms with E-state index in [2.05, 4.69) is 15.8 Å². The maximum atomic E-state index is 14.8. The van der Waals surface area contributed by atoms with E-state index in [0.29, 0.717) is 5.69 Å². The number of ether oxygens (including phenoxy) is 2. The van der Waals surface area contributed by atoms with E-state index >= 15 is 0 Å². The third kappa shape index (κ3) is 5.72. The number of carbonyl (C=O) groups is 4. The minimum atomic E-state index is -0.635. The summed E-state index contributed by atoms with van der Waals surface area (Å²) in [6.45, 7) is 3.03. The van der Waals surface area contributed by atoms with Crippen LogP contribution in [0, 0.1) is 5.82 Å². The first-order valence-electron chi connectivity index (χ1n) is 9.44. The van der Waals surface area contributed by atoms with Gasteiger partial charge in [0.05, 0.1) is 30.6 Å². The number of esters is 1. The minimum absolute atomic E-state index is 0.0614. The Labute approximate surface area is 181 Å². The lowest BCUT2D eigenvalue weighted by Gasteiger charge is -2.21. The summed E-state index contributed by atoms with van der Waals surface area (Å²) in [6.07, 6.45) is -0.917. The standard InChI is InChI=1S/C19H21FN4O6S/c1-10(25)21-8-13-9-24(19(28)30-13)12-3-4-14(15(20)7-12)18-23-22-17(27)16(31-18)5-6-29-11(2)26/h3-4,7,13,16H,5-6,8-9H2,1-2H3,(H,21,25)(H,22,27)/t13-,16?/m0/s1. The van der Waals surface area contributed by atoms with Gasteiger partial charge in [-0.05, 0) is 18.2 Å². The third-order valence-electron chi connectivity index (χ3n) is 4.45. The molecule has 3 rings (SSSR count). The van der Waals surface area contributed by atoms with Crippen LogP contribution in [0.1, 0.15) is 25.8 Å². The summed E-state index contributed by atoms with van der Waals surface area (Å²) < 4.78 is 24.9. The van der Waals surface area contributed by atoms with Gasteiger partial charge in [-0.3, -0.25) is 19.3 Å². The van der Waals surface area contributed by atoms with E-state index in [0.717, 1.165) is 11.8 Å². The fourth-order valence-corrected chi connectivity index (χ4v) is 3.99. The van der Waals surface area contributed by atoms with Gasteiger partial charge in [-0.2, -0.15) is 5.10 Å². The lowest BCUT2D eigenvalue weighted by atomic mass is 10.2. The number of rotatable bonds is 7. The summed E-state index contributed by atoms with van der Waals surface area (Å²) in [5.41, 5.74) is 2.81. The number of anilines is 1. The molecule has 2 atom stereocenters. The van der Waals surface area contributed by atoms with Gasteiger partial charge in [-0.25, -0.2) is 14.6 Å². The lowest BCUT2D eigenvalue weighted by molar-refractivity contribution is -0.141. The van der Waals surface area contributed by atoms with E-state index in [1.54, 1.807) is 6.07 Å². The average molecular weight is 452 g/mol. The summed E-state index contributed by atoms with van der Waals surface area (Å²) in [4.78, 5) is 47.3. The molecule has 2 N–H and O–H groups in total. The second-order valence-corrected chi connectivity index (χ2v) is 8.04. The lowest BCUT2D eigenvalue weighted by Crippen LogP contribution is -2.36. The maximum Gasteiger partial charge on any atom is 0.414 e. The first kappa shape index (κ1) is 22.5. The van der Waals surface area contributed by atoms with Gasteiger partial charge in [0.2, 0.25) is 5.91 Å². The molecule has 1 fully saturated rings. The van der Waals surface area contributed by atoms with Gasteiger partial charge in [0.15, 0.2) is 0 Å². The molecule has 0 aliphatic carbocycles. The molecule has 0 radical (unpaired) electrons. The van der Waals surface area contributed by atoms with E-state index < -0.39 is 29.2 Å². The number of nitrogens with zero attached hydrogens (tertiary/aromatic N) is 2. The number of carbonyl (C=O) groups excluding carboxylic acids is 4. The van der Waals surface area contributed by atoms with E-state index in [1.807, 2.05) is 0 Å².